The topological polar surface area (TPSA) is 29.0 Å². The molecule has 5 rings (SSSR count). The Labute approximate surface area is 159 Å². The molecule has 0 N–H and O–H groups in total. The normalized spacial score (nSPS) is 15.4. The summed E-state index contributed by atoms with van der Waals surface area (Å²) in [6.45, 7) is 3.46. The largest absolute Gasteiger partial charge is 0.299 e. The molecule has 0 saturated carbocycles. The van der Waals surface area contributed by atoms with E-state index in [1.807, 2.05) is 18.5 Å². The molecule has 4 aromatic rings. The van der Waals surface area contributed by atoms with Crippen molar-refractivity contribution in [2.24, 2.45) is 0 Å². The second-order valence-corrected chi connectivity index (χ2v) is 7.47. The molecule has 1 aliphatic heterocycles. The Kier molecular flexibility index (Phi) is 4.30. The van der Waals surface area contributed by atoms with Crippen molar-refractivity contribution < 1.29 is 0 Å². The van der Waals surface area contributed by atoms with Crippen LogP contribution in [0, 0.1) is 0 Å². The first-order valence-electron chi connectivity index (χ1n) is 9.82. The Morgan fingerprint density at radius 3 is 2.59 bits per heavy atom. The molecule has 0 spiro atoms. The number of aromatic nitrogens is 2. The molecular weight excluding hydrogens is 330 g/mol. The molecule has 0 amide bonds. The smallest absolute Gasteiger partial charge is 0.0731 e. The Hall–Kier alpha value is -2.78. The fourth-order valence-corrected chi connectivity index (χ4v) is 4.11. The van der Waals surface area contributed by atoms with E-state index < -0.39 is 0 Å². The maximum absolute atomic E-state index is 4.89. The molecule has 0 atom stereocenters. The maximum Gasteiger partial charge on any atom is 0.0731 e. The molecule has 3 nitrogen and oxygen atoms in total. The predicted molar refractivity (Wildman–Crippen MR) is 112 cm³/mol. The summed E-state index contributed by atoms with van der Waals surface area (Å²) >= 11 is 0. The fourth-order valence-electron chi connectivity index (χ4n) is 4.11. The lowest BCUT2D eigenvalue weighted by Crippen LogP contribution is -2.29. The molecule has 1 aliphatic rings. The standard InChI is InChI=1S/C24H23N3/c1-4-12-27(13-5-1)17-18-8-9-20-15-25-16-22(21(20)14-18)24-11-10-19-6-2-3-7-23(19)26-24/h2-3,6-11,14-16H,1,4-5,12-13,17H2. The van der Waals surface area contributed by atoms with Gasteiger partial charge in [0.1, 0.15) is 0 Å². The lowest BCUT2D eigenvalue weighted by molar-refractivity contribution is 0.221. The summed E-state index contributed by atoms with van der Waals surface area (Å²) in [7, 11) is 0. The SMILES string of the molecule is c1ccc2nc(-c3cncc4ccc(CN5CCCCC5)cc34)ccc2c1. The Bertz CT molecular complexity index is 1100. The van der Waals surface area contributed by atoms with E-state index in [0.29, 0.717) is 0 Å². The van der Waals surface area contributed by atoms with Gasteiger partial charge in [-0.05, 0) is 55.1 Å². The van der Waals surface area contributed by atoms with Gasteiger partial charge in [-0.25, -0.2) is 4.98 Å². The van der Waals surface area contributed by atoms with Crippen molar-refractivity contribution in [2.75, 3.05) is 13.1 Å². The van der Waals surface area contributed by atoms with E-state index in [2.05, 4.69) is 58.4 Å². The van der Waals surface area contributed by atoms with Crippen LogP contribution in [0.15, 0.2) is 67.0 Å². The highest BCUT2D eigenvalue weighted by Crippen LogP contribution is 2.29. The van der Waals surface area contributed by atoms with Crippen molar-refractivity contribution in [3.63, 3.8) is 0 Å². The lowest BCUT2D eigenvalue weighted by atomic mass is 10.0. The second kappa shape index (κ2) is 7.09. The molecule has 27 heavy (non-hydrogen) atoms. The van der Waals surface area contributed by atoms with E-state index in [9.17, 15) is 0 Å². The predicted octanol–water partition coefficient (Wildman–Crippen LogP) is 5.44. The van der Waals surface area contributed by atoms with Crippen LogP contribution >= 0.6 is 0 Å². The van der Waals surface area contributed by atoms with Crippen molar-refractivity contribution in [2.45, 2.75) is 25.8 Å². The fraction of sp³-hybridized carbons (Fsp3) is 0.250. The van der Waals surface area contributed by atoms with E-state index in [0.717, 1.165) is 23.3 Å². The number of piperidine rings is 1. The molecular formula is C24H23N3. The van der Waals surface area contributed by atoms with Crippen molar-refractivity contribution in [3.8, 4) is 11.3 Å². The third kappa shape index (κ3) is 3.31. The summed E-state index contributed by atoms with van der Waals surface area (Å²) in [6.07, 6.45) is 7.92. The van der Waals surface area contributed by atoms with Crippen molar-refractivity contribution in [1.82, 2.24) is 14.9 Å². The average molecular weight is 353 g/mol. The number of likely N-dealkylation sites (tertiary alicyclic amines) is 1. The van der Waals surface area contributed by atoms with Gasteiger partial charge < -0.3 is 0 Å². The van der Waals surface area contributed by atoms with E-state index in [1.54, 1.807) is 0 Å². The van der Waals surface area contributed by atoms with Gasteiger partial charge in [0.05, 0.1) is 11.2 Å². The minimum atomic E-state index is 0.988. The zero-order chi connectivity index (χ0) is 18.1. The van der Waals surface area contributed by atoms with Crippen molar-refractivity contribution >= 4 is 21.7 Å². The molecule has 0 unspecified atom stereocenters. The zero-order valence-corrected chi connectivity index (χ0v) is 15.4. The average Bonchev–Trinajstić information content (AvgIpc) is 2.74. The number of nitrogens with zero attached hydrogens (tertiary/aromatic N) is 3. The third-order valence-electron chi connectivity index (χ3n) is 5.55. The first-order chi connectivity index (χ1) is 13.4. The highest BCUT2D eigenvalue weighted by molar-refractivity contribution is 5.96. The minimum Gasteiger partial charge on any atom is -0.299 e. The first-order valence-corrected chi connectivity index (χ1v) is 9.82. The second-order valence-electron chi connectivity index (χ2n) is 7.47. The lowest BCUT2D eigenvalue weighted by Gasteiger charge is -2.26. The third-order valence-corrected chi connectivity index (χ3v) is 5.55. The molecule has 3 heteroatoms. The Morgan fingerprint density at radius 2 is 1.67 bits per heavy atom. The molecule has 2 aromatic carbocycles. The molecule has 1 fully saturated rings. The van der Waals surface area contributed by atoms with Crippen LogP contribution < -0.4 is 0 Å². The van der Waals surface area contributed by atoms with Crippen LogP contribution in [0.25, 0.3) is 32.9 Å². The summed E-state index contributed by atoms with van der Waals surface area (Å²) in [5.74, 6) is 0. The molecule has 0 aliphatic carbocycles. The monoisotopic (exact) mass is 353 g/mol. The first kappa shape index (κ1) is 16.4. The van der Waals surface area contributed by atoms with Crippen LogP contribution in [-0.4, -0.2) is 28.0 Å². The van der Waals surface area contributed by atoms with Crippen molar-refractivity contribution in [1.29, 1.82) is 0 Å². The summed E-state index contributed by atoms with van der Waals surface area (Å²) in [6, 6.07) is 19.3. The summed E-state index contributed by atoms with van der Waals surface area (Å²) in [4.78, 5) is 11.9. The van der Waals surface area contributed by atoms with Crippen LogP contribution in [-0.2, 0) is 6.54 Å². The van der Waals surface area contributed by atoms with Crippen LogP contribution in [0.2, 0.25) is 0 Å². The number of para-hydroxylation sites is 1. The number of hydrogen-bond donors (Lipinski definition) is 0. The zero-order valence-electron chi connectivity index (χ0n) is 15.4. The Morgan fingerprint density at radius 1 is 0.815 bits per heavy atom. The highest BCUT2D eigenvalue weighted by Gasteiger charge is 2.12. The summed E-state index contributed by atoms with van der Waals surface area (Å²) in [5, 5.41) is 3.58. The number of pyridine rings is 2. The van der Waals surface area contributed by atoms with Crippen LogP contribution in [0.1, 0.15) is 24.8 Å². The molecule has 0 bridgehead atoms. The van der Waals surface area contributed by atoms with E-state index in [4.69, 9.17) is 4.98 Å². The van der Waals surface area contributed by atoms with E-state index in [1.165, 1.54) is 54.1 Å². The number of rotatable bonds is 3. The Balaban J connectivity index is 1.57. The molecule has 1 saturated heterocycles. The van der Waals surface area contributed by atoms with Crippen LogP contribution in [0.3, 0.4) is 0 Å². The van der Waals surface area contributed by atoms with Gasteiger partial charge in [-0.3, -0.25) is 9.88 Å². The molecule has 0 radical (unpaired) electrons. The summed E-state index contributed by atoms with van der Waals surface area (Å²) < 4.78 is 0. The number of benzene rings is 2. The quantitative estimate of drug-likeness (QED) is 0.491. The van der Waals surface area contributed by atoms with E-state index >= 15 is 0 Å². The van der Waals surface area contributed by atoms with Gasteiger partial charge in [-0.1, -0.05) is 42.8 Å². The van der Waals surface area contributed by atoms with E-state index in [-0.39, 0.29) is 0 Å². The molecule has 3 heterocycles. The van der Waals surface area contributed by atoms with Gasteiger partial charge in [-0.15, -0.1) is 0 Å². The van der Waals surface area contributed by atoms with Gasteiger partial charge in [0.25, 0.3) is 0 Å². The van der Waals surface area contributed by atoms with Gasteiger partial charge >= 0.3 is 0 Å². The molecule has 134 valence electrons. The number of fused-ring (bicyclic) bond motifs is 2. The van der Waals surface area contributed by atoms with Crippen LogP contribution in [0.5, 0.6) is 0 Å². The van der Waals surface area contributed by atoms with Gasteiger partial charge in [-0.2, -0.15) is 0 Å². The summed E-state index contributed by atoms with van der Waals surface area (Å²) in [5.41, 5.74) is 4.50. The van der Waals surface area contributed by atoms with Gasteiger partial charge in [0, 0.05) is 35.3 Å². The van der Waals surface area contributed by atoms with Crippen molar-refractivity contribution in [3.05, 3.63) is 72.6 Å². The highest BCUT2D eigenvalue weighted by atomic mass is 15.1. The maximum atomic E-state index is 4.89. The minimum absolute atomic E-state index is 0.988. The number of hydrogen-bond acceptors (Lipinski definition) is 3. The van der Waals surface area contributed by atoms with Gasteiger partial charge in [0.15, 0.2) is 0 Å². The molecule has 2 aromatic heterocycles. The van der Waals surface area contributed by atoms with Crippen LogP contribution in [0.4, 0.5) is 0 Å². The van der Waals surface area contributed by atoms with Gasteiger partial charge in [0.2, 0.25) is 0 Å².